The van der Waals surface area contributed by atoms with Crippen molar-refractivity contribution in [1.29, 1.82) is 0 Å². The van der Waals surface area contributed by atoms with E-state index in [0.29, 0.717) is 43.9 Å². The summed E-state index contributed by atoms with van der Waals surface area (Å²) in [7, 11) is 3.59. The van der Waals surface area contributed by atoms with E-state index in [1.165, 1.54) is 17.7 Å². The number of nitro groups is 1. The Bertz CT molecular complexity index is 938. The summed E-state index contributed by atoms with van der Waals surface area (Å²) in [5, 5.41) is 11.2. The van der Waals surface area contributed by atoms with Gasteiger partial charge in [-0.15, -0.1) is 0 Å². The summed E-state index contributed by atoms with van der Waals surface area (Å²) in [4.78, 5) is 41.5. The number of non-ortho nitro benzene ring substituents is 1. The second-order valence-corrected chi connectivity index (χ2v) is 7.87. The second kappa shape index (κ2) is 10.1. The Morgan fingerprint density at radius 2 is 1.65 bits per heavy atom. The molecule has 0 aromatic heterocycles. The van der Waals surface area contributed by atoms with Crippen molar-refractivity contribution < 1.29 is 14.5 Å². The number of anilines is 1. The second-order valence-electron chi connectivity index (χ2n) is 7.87. The van der Waals surface area contributed by atoms with Crippen molar-refractivity contribution in [3.8, 4) is 0 Å². The highest BCUT2D eigenvalue weighted by Gasteiger charge is 2.27. The number of carbonyl (C=O) groups excluding carboxylic acids is 2. The van der Waals surface area contributed by atoms with Gasteiger partial charge in [-0.3, -0.25) is 19.7 Å². The van der Waals surface area contributed by atoms with Gasteiger partial charge in [0.2, 0.25) is 5.91 Å². The molecule has 8 heteroatoms. The van der Waals surface area contributed by atoms with E-state index in [2.05, 4.69) is 12.1 Å². The highest BCUT2D eigenvalue weighted by Crippen LogP contribution is 2.26. The standard InChI is InChI=1S/C23H28N4O4/c1-24(2)21-12-11-19(27(30)31)17-20(21)23(29)26-15-13-25(14-16-26)22(28)10-6-9-18-7-4-3-5-8-18/h3-5,7-8,11-12,17H,6,9-10,13-16H2,1-2H3. The molecule has 0 unspecified atom stereocenters. The summed E-state index contributed by atoms with van der Waals surface area (Å²) in [5.74, 6) is -0.143. The van der Waals surface area contributed by atoms with Crippen LogP contribution in [0.1, 0.15) is 28.8 Å². The fraction of sp³-hybridized carbons (Fsp3) is 0.391. The van der Waals surface area contributed by atoms with Crippen LogP contribution < -0.4 is 4.90 Å². The number of piperazine rings is 1. The summed E-state index contributed by atoms with van der Waals surface area (Å²) in [6.07, 6.45) is 2.14. The number of nitrogens with zero attached hydrogens (tertiary/aromatic N) is 4. The van der Waals surface area contributed by atoms with E-state index in [0.717, 1.165) is 12.8 Å². The lowest BCUT2D eigenvalue weighted by atomic mass is 10.1. The molecule has 164 valence electrons. The van der Waals surface area contributed by atoms with Crippen molar-refractivity contribution in [2.75, 3.05) is 45.2 Å². The van der Waals surface area contributed by atoms with Crippen LogP contribution in [0.3, 0.4) is 0 Å². The molecule has 1 aliphatic heterocycles. The largest absolute Gasteiger partial charge is 0.377 e. The lowest BCUT2D eigenvalue weighted by Gasteiger charge is -2.35. The van der Waals surface area contributed by atoms with Gasteiger partial charge in [-0.05, 0) is 24.5 Å². The number of hydrogen-bond acceptors (Lipinski definition) is 5. The summed E-state index contributed by atoms with van der Waals surface area (Å²) in [6, 6.07) is 14.4. The van der Waals surface area contributed by atoms with Crippen LogP contribution in [0.5, 0.6) is 0 Å². The van der Waals surface area contributed by atoms with Crippen molar-refractivity contribution in [2.24, 2.45) is 0 Å². The number of nitro benzene ring substituents is 1. The van der Waals surface area contributed by atoms with E-state index in [1.54, 1.807) is 34.9 Å². The molecule has 0 radical (unpaired) electrons. The molecule has 3 rings (SSSR count). The Morgan fingerprint density at radius 3 is 2.26 bits per heavy atom. The molecule has 2 aromatic rings. The van der Waals surface area contributed by atoms with Gasteiger partial charge < -0.3 is 14.7 Å². The first-order valence-electron chi connectivity index (χ1n) is 10.4. The van der Waals surface area contributed by atoms with Gasteiger partial charge in [-0.1, -0.05) is 30.3 Å². The van der Waals surface area contributed by atoms with Crippen LogP contribution in [-0.2, 0) is 11.2 Å². The van der Waals surface area contributed by atoms with Gasteiger partial charge in [0, 0.05) is 64.5 Å². The molecule has 0 N–H and O–H groups in total. The lowest BCUT2D eigenvalue weighted by Crippen LogP contribution is -2.50. The minimum atomic E-state index is -0.498. The minimum Gasteiger partial charge on any atom is -0.377 e. The summed E-state index contributed by atoms with van der Waals surface area (Å²) in [6.45, 7) is 1.78. The van der Waals surface area contributed by atoms with E-state index >= 15 is 0 Å². The fourth-order valence-corrected chi connectivity index (χ4v) is 3.77. The van der Waals surface area contributed by atoms with E-state index in [-0.39, 0.29) is 17.5 Å². The van der Waals surface area contributed by atoms with Gasteiger partial charge in [-0.2, -0.15) is 0 Å². The van der Waals surface area contributed by atoms with Crippen molar-refractivity contribution in [2.45, 2.75) is 19.3 Å². The zero-order valence-corrected chi connectivity index (χ0v) is 18.0. The number of rotatable bonds is 7. The third-order valence-corrected chi connectivity index (χ3v) is 5.52. The molecular formula is C23H28N4O4. The Hall–Kier alpha value is -3.42. The average Bonchev–Trinajstić information content (AvgIpc) is 2.78. The van der Waals surface area contributed by atoms with E-state index in [9.17, 15) is 19.7 Å². The number of amides is 2. The first-order valence-corrected chi connectivity index (χ1v) is 10.4. The van der Waals surface area contributed by atoms with Gasteiger partial charge in [0.05, 0.1) is 10.5 Å². The normalized spacial score (nSPS) is 13.7. The molecule has 0 saturated carbocycles. The predicted octanol–water partition coefficient (Wildman–Crippen LogP) is 2.97. The zero-order valence-electron chi connectivity index (χ0n) is 18.0. The van der Waals surface area contributed by atoms with Crippen molar-refractivity contribution in [3.63, 3.8) is 0 Å². The molecule has 2 aromatic carbocycles. The Morgan fingerprint density at radius 1 is 1.00 bits per heavy atom. The van der Waals surface area contributed by atoms with Gasteiger partial charge in [0.1, 0.15) is 0 Å². The van der Waals surface area contributed by atoms with Crippen molar-refractivity contribution >= 4 is 23.2 Å². The van der Waals surface area contributed by atoms with Crippen molar-refractivity contribution in [3.05, 3.63) is 69.8 Å². The summed E-state index contributed by atoms with van der Waals surface area (Å²) < 4.78 is 0. The topological polar surface area (TPSA) is 87.0 Å². The van der Waals surface area contributed by atoms with Crippen LogP contribution >= 0.6 is 0 Å². The van der Waals surface area contributed by atoms with Gasteiger partial charge in [0.25, 0.3) is 11.6 Å². The fourth-order valence-electron chi connectivity index (χ4n) is 3.77. The molecule has 2 amide bonds. The molecule has 0 aliphatic carbocycles. The molecular weight excluding hydrogens is 396 g/mol. The SMILES string of the molecule is CN(C)c1ccc([N+](=O)[O-])cc1C(=O)N1CCN(C(=O)CCCc2ccccc2)CC1. The monoisotopic (exact) mass is 424 g/mol. The molecule has 31 heavy (non-hydrogen) atoms. The lowest BCUT2D eigenvalue weighted by molar-refractivity contribution is -0.384. The molecule has 0 atom stereocenters. The first-order chi connectivity index (χ1) is 14.9. The van der Waals surface area contributed by atoms with Crippen molar-refractivity contribution in [1.82, 2.24) is 9.80 Å². The predicted molar refractivity (Wildman–Crippen MR) is 119 cm³/mol. The minimum absolute atomic E-state index is 0.104. The molecule has 1 fully saturated rings. The number of aryl methyl sites for hydroxylation is 1. The van der Waals surface area contributed by atoms with E-state index in [1.807, 2.05) is 18.2 Å². The number of hydrogen-bond donors (Lipinski definition) is 0. The molecule has 1 heterocycles. The third-order valence-electron chi connectivity index (χ3n) is 5.52. The Balaban J connectivity index is 1.56. The molecule has 1 aliphatic rings. The first kappa shape index (κ1) is 22.3. The maximum absolute atomic E-state index is 13.1. The van der Waals surface area contributed by atoms with Crippen LogP contribution in [0.25, 0.3) is 0 Å². The molecule has 0 bridgehead atoms. The molecule has 1 saturated heterocycles. The maximum Gasteiger partial charge on any atom is 0.270 e. The number of carbonyl (C=O) groups is 2. The van der Waals surface area contributed by atoms with Crippen LogP contribution in [0, 0.1) is 10.1 Å². The number of benzene rings is 2. The van der Waals surface area contributed by atoms with Gasteiger partial charge in [-0.25, -0.2) is 0 Å². The Kier molecular flexibility index (Phi) is 7.23. The highest BCUT2D eigenvalue weighted by molar-refractivity contribution is 6.00. The average molecular weight is 425 g/mol. The summed E-state index contributed by atoms with van der Waals surface area (Å²) >= 11 is 0. The maximum atomic E-state index is 13.1. The van der Waals surface area contributed by atoms with Gasteiger partial charge in [0.15, 0.2) is 0 Å². The quantitative estimate of drug-likeness (QED) is 0.504. The summed E-state index contributed by atoms with van der Waals surface area (Å²) in [5.41, 5.74) is 2.05. The van der Waals surface area contributed by atoms with Crippen LogP contribution in [-0.4, -0.2) is 66.8 Å². The van der Waals surface area contributed by atoms with E-state index < -0.39 is 4.92 Å². The van der Waals surface area contributed by atoms with Crippen LogP contribution in [0.15, 0.2) is 48.5 Å². The molecule has 0 spiro atoms. The van der Waals surface area contributed by atoms with Crippen LogP contribution in [0.2, 0.25) is 0 Å². The van der Waals surface area contributed by atoms with Crippen LogP contribution in [0.4, 0.5) is 11.4 Å². The third kappa shape index (κ3) is 5.59. The molecule has 8 nitrogen and oxygen atoms in total. The zero-order chi connectivity index (χ0) is 22.4. The highest BCUT2D eigenvalue weighted by atomic mass is 16.6. The van der Waals surface area contributed by atoms with Gasteiger partial charge >= 0.3 is 0 Å². The van der Waals surface area contributed by atoms with E-state index in [4.69, 9.17) is 0 Å². The smallest absolute Gasteiger partial charge is 0.270 e. The Labute approximate surface area is 182 Å².